The fourth-order valence-electron chi connectivity index (χ4n) is 2.17. The highest BCUT2D eigenvalue weighted by molar-refractivity contribution is 9.10. The van der Waals surface area contributed by atoms with Crippen molar-refractivity contribution in [3.05, 3.63) is 65.0 Å². The molecule has 2 aromatic carbocycles. The summed E-state index contributed by atoms with van der Waals surface area (Å²) in [7, 11) is 0. The van der Waals surface area contributed by atoms with E-state index in [9.17, 15) is 4.39 Å². The Labute approximate surface area is 124 Å². The third-order valence-electron chi connectivity index (χ3n) is 3.13. The SMILES string of the molecule is Fc1ccc2ccn(CCOc3cccc(Br)c3)c2c1. The van der Waals surface area contributed by atoms with E-state index < -0.39 is 0 Å². The highest BCUT2D eigenvalue weighted by Crippen LogP contribution is 2.19. The predicted molar refractivity (Wildman–Crippen MR) is 81.5 cm³/mol. The largest absolute Gasteiger partial charge is 0.492 e. The molecule has 0 aliphatic rings. The predicted octanol–water partition coefficient (Wildman–Crippen LogP) is 4.62. The molecular weight excluding hydrogens is 321 g/mol. The Balaban J connectivity index is 1.69. The Hall–Kier alpha value is -1.81. The first kappa shape index (κ1) is 13.2. The van der Waals surface area contributed by atoms with Crippen molar-refractivity contribution < 1.29 is 9.13 Å². The topological polar surface area (TPSA) is 14.2 Å². The van der Waals surface area contributed by atoms with E-state index in [4.69, 9.17) is 4.74 Å². The summed E-state index contributed by atoms with van der Waals surface area (Å²) < 4.78 is 22.0. The molecule has 0 saturated carbocycles. The molecule has 1 aromatic heterocycles. The van der Waals surface area contributed by atoms with Gasteiger partial charge >= 0.3 is 0 Å². The zero-order valence-corrected chi connectivity index (χ0v) is 12.3. The molecule has 0 amide bonds. The smallest absolute Gasteiger partial charge is 0.125 e. The van der Waals surface area contributed by atoms with E-state index in [1.807, 2.05) is 41.1 Å². The van der Waals surface area contributed by atoms with Crippen LogP contribution in [-0.4, -0.2) is 11.2 Å². The van der Waals surface area contributed by atoms with Gasteiger partial charge in [-0.1, -0.05) is 22.0 Å². The van der Waals surface area contributed by atoms with E-state index in [0.29, 0.717) is 13.2 Å². The first-order valence-electron chi connectivity index (χ1n) is 6.35. The van der Waals surface area contributed by atoms with Crippen molar-refractivity contribution in [3.8, 4) is 5.75 Å². The van der Waals surface area contributed by atoms with E-state index in [-0.39, 0.29) is 5.82 Å². The summed E-state index contributed by atoms with van der Waals surface area (Å²) in [6.45, 7) is 1.22. The van der Waals surface area contributed by atoms with Crippen molar-refractivity contribution in [2.75, 3.05) is 6.61 Å². The molecule has 4 heteroatoms. The molecule has 1 heterocycles. The standard InChI is InChI=1S/C16H13BrFNO/c17-13-2-1-3-15(10-13)20-9-8-19-7-6-12-4-5-14(18)11-16(12)19/h1-7,10-11H,8-9H2. The lowest BCUT2D eigenvalue weighted by atomic mass is 10.2. The molecule has 0 fully saturated rings. The Morgan fingerprint density at radius 3 is 2.85 bits per heavy atom. The average Bonchev–Trinajstić information content (AvgIpc) is 2.82. The lowest BCUT2D eigenvalue weighted by Crippen LogP contribution is -2.07. The van der Waals surface area contributed by atoms with Crippen LogP contribution >= 0.6 is 15.9 Å². The fourth-order valence-corrected chi connectivity index (χ4v) is 2.55. The van der Waals surface area contributed by atoms with Crippen LogP contribution in [0.15, 0.2) is 59.2 Å². The molecule has 0 radical (unpaired) electrons. The summed E-state index contributed by atoms with van der Waals surface area (Å²) >= 11 is 3.41. The fraction of sp³-hybridized carbons (Fsp3) is 0.125. The van der Waals surface area contributed by atoms with Gasteiger partial charge in [0.05, 0.1) is 12.1 Å². The first-order valence-corrected chi connectivity index (χ1v) is 7.14. The molecule has 0 atom stereocenters. The van der Waals surface area contributed by atoms with Crippen molar-refractivity contribution in [1.82, 2.24) is 4.57 Å². The van der Waals surface area contributed by atoms with Gasteiger partial charge in [-0.3, -0.25) is 0 Å². The summed E-state index contributed by atoms with van der Waals surface area (Å²) in [6.07, 6.45) is 1.95. The molecule has 0 N–H and O–H groups in total. The van der Waals surface area contributed by atoms with Crippen LogP contribution in [0, 0.1) is 5.82 Å². The second-order valence-corrected chi connectivity index (χ2v) is 5.43. The Kier molecular flexibility index (Phi) is 3.74. The molecular formula is C16H13BrFNO. The monoisotopic (exact) mass is 333 g/mol. The van der Waals surface area contributed by atoms with E-state index in [1.54, 1.807) is 12.1 Å². The Bertz CT molecular complexity index is 738. The van der Waals surface area contributed by atoms with Gasteiger partial charge in [0, 0.05) is 10.7 Å². The number of halogens is 2. The zero-order valence-electron chi connectivity index (χ0n) is 10.7. The number of rotatable bonds is 4. The minimum atomic E-state index is -0.217. The van der Waals surface area contributed by atoms with Crippen molar-refractivity contribution in [1.29, 1.82) is 0 Å². The van der Waals surface area contributed by atoms with Gasteiger partial charge in [0.25, 0.3) is 0 Å². The summed E-state index contributed by atoms with van der Waals surface area (Å²) in [5.74, 6) is 0.604. The molecule has 3 rings (SSSR count). The van der Waals surface area contributed by atoms with Crippen LogP contribution in [0.3, 0.4) is 0 Å². The third kappa shape index (κ3) is 2.85. The summed E-state index contributed by atoms with van der Waals surface area (Å²) in [5.41, 5.74) is 0.892. The van der Waals surface area contributed by atoms with Crippen LogP contribution in [0.4, 0.5) is 4.39 Å². The molecule has 20 heavy (non-hydrogen) atoms. The maximum Gasteiger partial charge on any atom is 0.125 e. The second-order valence-electron chi connectivity index (χ2n) is 4.52. The molecule has 102 valence electrons. The summed E-state index contributed by atoms with van der Waals surface area (Å²) in [6, 6.07) is 14.5. The normalized spacial score (nSPS) is 10.9. The zero-order chi connectivity index (χ0) is 13.9. The lowest BCUT2D eigenvalue weighted by Gasteiger charge is -2.08. The van der Waals surface area contributed by atoms with Gasteiger partial charge in [0.15, 0.2) is 0 Å². The first-order chi connectivity index (χ1) is 9.72. The number of hydrogen-bond acceptors (Lipinski definition) is 1. The van der Waals surface area contributed by atoms with Crippen LogP contribution in [0.2, 0.25) is 0 Å². The molecule has 3 aromatic rings. The van der Waals surface area contributed by atoms with Crippen molar-refractivity contribution in [2.24, 2.45) is 0 Å². The van der Waals surface area contributed by atoms with Gasteiger partial charge in [0.2, 0.25) is 0 Å². The minimum Gasteiger partial charge on any atom is -0.492 e. The quantitative estimate of drug-likeness (QED) is 0.679. The number of aromatic nitrogens is 1. The number of hydrogen-bond donors (Lipinski definition) is 0. The van der Waals surface area contributed by atoms with E-state index in [2.05, 4.69) is 15.9 Å². The van der Waals surface area contributed by atoms with Crippen molar-refractivity contribution in [3.63, 3.8) is 0 Å². The number of nitrogens with zero attached hydrogens (tertiary/aromatic N) is 1. The number of ether oxygens (including phenoxy) is 1. The van der Waals surface area contributed by atoms with Crippen molar-refractivity contribution in [2.45, 2.75) is 6.54 Å². The minimum absolute atomic E-state index is 0.217. The van der Waals surface area contributed by atoms with E-state index >= 15 is 0 Å². The van der Waals surface area contributed by atoms with Crippen LogP contribution in [0.1, 0.15) is 0 Å². The van der Waals surface area contributed by atoms with Crippen molar-refractivity contribution >= 4 is 26.8 Å². The highest BCUT2D eigenvalue weighted by atomic mass is 79.9. The van der Waals surface area contributed by atoms with Crippen LogP contribution in [-0.2, 0) is 6.54 Å². The van der Waals surface area contributed by atoms with E-state index in [0.717, 1.165) is 21.1 Å². The van der Waals surface area contributed by atoms with Gasteiger partial charge in [-0.2, -0.15) is 0 Å². The molecule has 0 aliphatic heterocycles. The van der Waals surface area contributed by atoms with Gasteiger partial charge in [-0.05, 0) is 47.9 Å². The average molecular weight is 334 g/mol. The lowest BCUT2D eigenvalue weighted by molar-refractivity contribution is 0.300. The third-order valence-corrected chi connectivity index (χ3v) is 3.63. The Morgan fingerprint density at radius 2 is 2.00 bits per heavy atom. The molecule has 2 nitrogen and oxygen atoms in total. The molecule has 0 aliphatic carbocycles. The van der Waals surface area contributed by atoms with Crippen LogP contribution in [0.5, 0.6) is 5.75 Å². The molecule has 0 spiro atoms. The summed E-state index contributed by atoms with van der Waals surface area (Å²) in [4.78, 5) is 0. The van der Waals surface area contributed by atoms with Gasteiger partial charge in [-0.25, -0.2) is 4.39 Å². The van der Waals surface area contributed by atoms with Crippen LogP contribution in [0.25, 0.3) is 10.9 Å². The molecule has 0 saturated heterocycles. The Morgan fingerprint density at radius 1 is 1.10 bits per heavy atom. The number of fused-ring (bicyclic) bond motifs is 1. The van der Waals surface area contributed by atoms with Crippen LogP contribution < -0.4 is 4.74 Å². The maximum absolute atomic E-state index is 13.3. The highest BCUT2D eigenvalue weighted by Gasteiger charge is 2.02. The van der Waals surface area contributed by atoms with Gasteiger partial charge < -0.3 is 9.30 Å². The van der Waals surface area contributed by atoms with Gasteiger partial charge in [0.1, 0.15) is 18.2 Å². The second kappa shape index (κ2) is 5.67. The number of benzene rings is 2. The molecule has 0 bridgehead atoms. The van der Waals surface area contributed by atoms with E-state index in [1.165, 1.54) is 6.07 Å². The maximum atomic E-state index is 13.3. The molecule has 0 unspecified atom stereocenters. The summed E-state index contributed by atoms with van der Waals surface area (Å²) in [5, 5.41) is 1.04. The van der Waals surface area contributed by atoms with Gasteiger partial charge in [-0.15, -0.1) is 0 Å².